The van der Waals surface area contributed by atoms with Crippen LogP contribution in [0, 0.1) is 6.92 Å². The van der Waals surface area contributed by atoms with Crippen LogP contribution in [0.4, 0.5) is 0 Å². The standard InChI is InChI=1S/C10H12N2OS/c1-7-9(4-6-13)14-10(12-7)8-3-2-5-11-8/h2-3,5,11,13H,4,6H2,1H3. The number of rotatable bonds is 3. The maximum atomic E-state index is 8.86. The molecule has 0 radical (unpaired) electrons. The number of hydrogen-bond donors (Lipinski definition) is 2. The quantitative estimate of drug-likeness (QED) is 0.810. The van der Waals surface area contributed by atoms with Crippen LogP contribution in [-0.4, -0.2) is 21.7 Å². The fourth-order valence-corrected chi connectivity index (χ4v) is 2.38. The number of aromatic amines is 1. The van der Waals surface area contributed by atoms with E-state index >= 15 is 0 Å². The summed E-state index contributed by atoms with van der Waals surface area (Å²) in [6.45, 7) is 2.17. The first-order valence-electron chi connectivity index (χ1n) is 4.52. The van der Waals surface area contributed by atoms with E-state index < -0.39 is 0 Å². The van der Waals surface area contributed by atoms with Gasteiger partial charge >= 0.3 is 0 Å². The van der Waals surface area contributed by atoms with Gasteiger partial charge in [0, 0.05) is 24.1 Å². The predicted octanol–water partition coefficient (Wildman–Crippen LogP) is 1.98. The van der Waals surface area contributed by atoms with Crippen molar-refractivity contribution in [1.82, 2.24) is 9.97 Å². The molecule has 74 valence electrons. The normalized spacial score (nSPS) is 10.7. The van der Waals surface area contributed by atoms with Crippen molar-refractivity contribution >= 4 is 11.3 Å². The molecule has 0 bridgehead atoms. The Morgan fingerprint density at radius 3 is 3.07 bits per heavy atom. The first-order valence-corrected chi connectivity index (χ1v) is 5.34. The average Bonchev–Trinajstić information content (AvgIpc) is 2.76. The molecule has 14 heavy (non-hydrogen) atoms. The highest BCUT2D eigenvalue weighted by Crippen LogP contribution is 2.26. The molecule has 2 aromatic rings. The summed E-state index contributed by atoms with van der Waals surface area (Å²) in [5.41, 5.74) is 2.07. The minimum absolute atomic E-state index is 0.188. The maximum absolute atomic E-state index is 8.86. The Morgan fingerprint density at radius 2 is 2.43 bits per heavy atom. The van der Waals surface area contributed by atoms with Gasteiger partial charge in [0.2, 0.25) is 0 Å². The molecule has 2 N–H and O–H groups in total. The van der Waals surface area contributed by atoms with E-state index in [9.17, 15) is 0 Å². The number of nitrogens with one attached hydrogen (secondary N) is 1. The molecule has 0 unspecified atom stereocenters. The average molecular weight is 208 g/mol. The summed E-state index contributed by atoms with van der Waals surface area (Å²) in [7, 11) is 0. The zero-order chi connectivity index (χ0) is 9.97. The molecule has 0 saturated carbocycles. The largest absolute Gasteiger partial charge is 0.396 e. The Kier molecular flexibility index (Phi) is 2.65. The fraction of sp³-hybridized carbons (Fsp3) is 0.300. The van der Waals surface area contributed by atoms with Gasteiger partial charge in [-0.3, -0.25) is 0 Å². The highest BCUT2D eigenvalue weighted by Gasteiger charge is 2.08. The zero-order valence-electron chi connectivity index (χ0n) is 7.95. The van der Waals surface area contributed by atoms with Gasteiger partial charge in [-0.15, -0.1) is 11.3 Å². The lowest BCUT2D eigenvalue weighted by atomic mass is 10.3. The van der Waals surface area contributed by atoms with E-state index in [4.69, 9.17) is 5.11 Å². The summed E-state index contributed by atoms with van der Waals surface area (Å²) in [6, 6.07) is 3.96. The molecule has 0 aliphatic rings. The highest BCUT2D eigenvalue weighted by atomic mass is 32.1. The van der Waals surface area contributed by atoms with E-state index in [0.717, 1.165) is 21.3 Å². The van der Waals surface area contributed by atoms with E-state index in [-0.39, 0.29) is 6.61 Å². The Morgan fingerprint density at radius 1 is 1.57 bits per heavy atom. The number of aryl methyl sites for hydroxylation is 1. The minimum atomic E-state index is 0.188. The third-order valence-electron chi connectivity index (χ3n) is 2.06. The molecule has 4 heteroatoms. The van der Waals surface area contributed by atoms with Crippen LogP contribution in [0.2, 0.25) is 0 Å². The topological polar surface area (TPSA) is 48.9 Å². The van der Waals surface area contributed by atoms with Crippen molar-refractivity contribution in [2.45, 2.75) is 13.3 Å². The third kappa shape index (κ3) is 1.71. The van der Waals surface area contributed by atoms with Crippen molar-refractivity contribution in [1.29, 1.82) is 0 Å². The first-order chi connectivity index (χ1) is 6.81. The maximum Gasteiger partial charge on any atom is 0.140 e. The Bertz CT molecular complexity index is 406. The van der Waals surface area contributed by atoms with E-state index in [1.807, 2.05) is 25.3 Å². The van der Waals surface area contributed by atoms with Crippen molar-refractivity contribution in [3.05, 3.63) is 28.9 Å². The Hall–Kier alpha value is -1.13. The first kappa shape index (κ1) is 9.43. The zero-order valence-corrected chi connectivity index (χ0v) is 8.77. The second kappa shape index (κ2) is 3.94. The molecule has 0 atom stereocenters. The smallest absolute Gasteiger partial charge is 0.140 e. The second-order valence-corrected chi connectivity index (χ2v) is 4.17. The van der Waals surface area contributed by atoms with Crippen LogP contribution in [0.3, 0.4) is 0 Å². The van der Waals surface area contributed by atoms with Crippen LogP contribution in [-0.2, 0) is 6.42 Å². The van der Waals surface area contributed by atoms with E-state index in [2.05, 4.69) is 9.97 Å². The summed E-state index contributed by atoms with van der Waals surface area (Å²) in [5, 5.41) is 9.85. The summed E-state index contributed by atoms with van der Waals surface area (Å²) < 4.78 is 0. The number of aromatic nitrogens is 2. The van der Waals surface area contributed by atoms with Crippen molar-refractivity contribution in [2.24, 2.45) is 0 Å². The van der Waals surface area contributed by atoms with Crippen molar-refractivity contribution < 1.29 is 5.11 Å². The molecule has 0 spiro atoms. The van der Waals surface area contributed by atoms with Crippen LogP contribution in [0.5, 0.6) is 0 Å². The van der Waals surface area contributed by atoms with Crippen molar-refractivity contribution in [2.75, 3.05) is 6.61 Å². The number of thiazole rings is 1. The molecule has 0 aliphatic heterocycles. The fourth-order valence-electron chi connectivity index (χ4n) is 1.34. The molecule has 3 nitrogen and oxygen atoms in total. The van der Waals surface area contributed by atoms with Gasteiger partial charge in [-0.05, 0) is 19.1 Å². The number of aliphatic hydroxyl groups excluding tert-OH is 1. The molecule has 0 aromatic carbocycles. The predicted molar refractivity (Wildman–Crippen MR) is 57.4 cm³/mol. The van der Waals surface area contributed by atoms with Gasteiger partial charge in [0.25, 0.3) is 0 Å². The summed E-state index contributed by atoms with van der Waals surface area (Å²) in [6.07, 6.45) is 2.59. The molecule has 0 amide bonds. The summed E-state index contributed by atoms with van der Waals surface area (Å²) in [4.78, 5) is 8.73. The van der Waals surface area contributed by atoms with Crippen LogP contribution < -0.4 is 0 Å². The third-order valence-corrected chi connectivity index (χ3v) is 3.31. The summed E-state index contributed by atoms with van der Waals surface area (Å²) >= 11 is 1.64. The van der Waals surface area contributed by atoms with Gasteiger partial charge in [-0.25, -0.2) is 4.98 Å². The molecule has 0 saturated heterocycles. The molecule has 2 aromatic heterocycles. The van der Waals surface area contributed by atoms with E-state index in [1.165, 1.54) is 0 Å². The van der Waals surface area contributed by atoms with Gasteiger partial charge in [-0.1, -0.05) is 0 Å². The number of H-pyrrole nitrogens is 1. The van der Waals surface area contributed by atoms with Gasteiger partial charge in [0.1, 0.15) is 5.01 Å². The van der Waals surface area contributed by atoms with Crippen molar-refractivity contribution in [3.8, 4) is 10.7 Å². The molecule has 2 rings (SSSR count). The molecular formula is C10H12N2OS. The Balaban J connectivity index is 2.33. The molecule has 0 aliphatic carbocycles. The van der Waals surface area contributed by atoms with E-state index in [0.29, 0.717) is 6.42 Å². The SMILES string of the molecule is Cc1nc(-c2ccc[nH]2)sc1CCO. The summed E-state index contributed by atoms with van der Waals surface area (Å²) in [5.74, 6) is 0. The minimum Gasteiger partial charge on any atom is -0.396 e. The Labute approximate surface area is 86.4 Å². The monoisotopic (exact) mass is 208 g/mol. The highest BCUT2D eigenvalue weighted by molar-refractivity contribution is 7.15. The van der Waals surface area contributed by atoms with Gasteiger partial charge in [-0.2, -0.15) is 0 Å². The van der Waals surface area contributed by atoms with Gasteiger partial charge < -0.3 is 10.1 Å². The van der Waals surface area contributed by atoms with Crippen LogP contribution >= 0.6 is 11.3 Å². The molecular weight excluding hydrogens is 196 g/mol. The lowest BCUT2D eigenvalue weighted by Crippen LogP contribution is -1.88. The molecule has 2 heterocycles. The number of nitrogens with zero attached hydrogens (tertiary/aromatic N) is 1. The van der Waals surface area contributed by atoms with Crippen LogP contribution in [0.1, 0.15) is 10.6 Å². The van der Waals surface area contributed by atoms with Gasteiger partial charge in [0.15, 0.2) is 0 Å². The number of aliphatic hydroxyl groups is 1. The van der Waals surface area contributed by atoms with Gasteiger partial charge in [0.05, 0.1) is 11.4 Å². The second-order valence-electron chi connectivity index (χ2n) is 3.09. The van der Waals surface area contributed by atoms with E-state index in [1.54, 1.807) is 11.3 Å². The van der Waals surface area contributed by atoms with Crippen molar-refractivity contribution in [3.63, 3.8) is 0 Å². The molecule has 0 fully saturated rings. The van der Waals surface area contributed by atoms with Crippen LogP contribution in [0.15, 0.2) is 18.3 Å². The van der Waals surface area contributed by atoms with Crippen LogP contribution in [0.25, 0.3) is 10.7 Å². The number of hydrogen-bond acceptors (Lipinski definition) is 3. The lowest BCUT2D eigenvalue weighted by molar-refractivity contribution is 0.300. The lowest BCUT2D eigenvalue weighted by Gasteiger charge is -1.90.